The van der Waals surface area contributed by atoms with E-state index in [1.165, 1.54) is 0 Å². The van der Waals surface area contributed by atoms with Crippen LogP contribution >= 0.6 is 0 Å². The first-order chi connectivity index (χ1) is 20.0. The minimum Gasteiger partial charge on any atom is -0.480 e. The summed E-state index contributed by atoms with van der Waals surface area (Å²) in [6.45, 7) is 5.33. The summed E-state index contributed by atoms with van der Waals surface area (Å²) in [4.78, 5) is 40.2. The molecule has 218 valence electrons. The van der Waals surface area contributed by atoms with Crippen molar-refractivity contribution in [2.24, 2.45) is 0 Å². The quantitative estimate of drug-likeness (QED) is 0.189. The van der Waals surface area contributed by atoms with Crippen LogP contribution in [0.5, 0.6) is 11.5 Å². The minimum atomic E-state index is -1.37. The van der Waals surface area contributed by atoms with E-state index in [2.05, 4.69) is 20.9 Å². The second-order valence-electron chi connectivity index (χ2n) is 10.4. The summed E-state index contributed by atoms with van der Waals surface area (Å²) in [5.74, 6) is -0.153. The van der Waals surface area contributed by atoms with Crippen molar-refractivity contribution in [2.45, 2.75) is 38.6 Å². The van der Waals surface area contributed by atoms with Crippen molar-refractivity contribution in [1.29, 1.82) is 0 Å². The van der Waals surface area contributed by atoms with Crippen LogP contribution in [0.3, 0.4) is 0 Å². The Kier molecular flexibility index (Phi) is 9.18. The zero-order chi connectivity index (χ0) is 30.3. The molecule has 4 rings (SSSR count). The summed E-state index contributed by atoms with van der Waals surface area (Å²) in [7, 11) is 0. The molecule has 2 heterocycles. The van der Waals surface area contributed by atoms with Gasteiger partial charge in [0.2, 0.25) is 5.91 Å². The number of aliphatic hydroxyl groups excluding tert-OH is 1. The molecule has 0 unspecified atom stereocenters. The van der Waals surface area contributed by atoms with Gasteiger partial charge in [0.05, 0.1) is 24.4 Å². The van der Waals surface area contributed by atoms with Crippen molar-refractivity contribution in [3.05, 3.63) is 90.4 Å². The van der Waals surface area contributed by atoms with Gasteiger partial charge in [0, 0.05) is 29.6 Å². The maximum Gasteiger partial charge on any atom is 0.328 e. The Hall–Kier alpha value is -5.23. The molecule has 0 fully saturated rings. The van der Waals surface area contributed by atoms with E-state index >= 15 is 0 Å². The SMILES string of the molecule is CC(C)(C)c1cc(NC(=O)Nc2ccc(Oc3ccncc3)cc2)n(-c2ccc(CC(=O)N[C@@H](CO)C(=O)O)cc2)n1. The highest BCUT2D eigenvalue weighted by molar-refractivity contribution is 5.99. The average Bonchev–Trinajstić information content (AvgIpc) is 3.38. The van der Waals surface area contributed by atoms with E-state index in [4.69, 9.17) is 20.0 Å². The van der Waals surface area contributed by atoms with Gasteiger partial charge in [0.15, 0.2) is 0 Å². The molecular weight excluding hydrogens is 540 g/mol. The topological polar surface area (TPSA) is 168 Å². The number of hydrogen-bond donors (Lipinski definition) is 5. The fourth-order valence-corrected chi connectivity index (χ4v) is 3.83. The van der Waals surface area contributed by atoms with Gasteiger partial charge in [-0.25, -0.2) is 14.3 Å². The fraction of sp³-hybridized carbons (Fsp3) is 0.233. The number of nitrogens with zero attached hydrogens (tertiary/aromatic N) is 3. The highest BCUT2D eigenvalue weighted by Gasteiger charge is 2.22. The zero-order valence-corrected chi connectivity index (χ0v) is 23.4. The molecule has 0 radical (unpaired) electrons. The third-order valence-electron chi connectivity index (χ3n) is 6.08. The first kappa shape index (κ1) is 29.7. The number of ether oxygens (including phenoxy) is 1. The van der Waals surface area contributed by atoms with Gasteiger partial charge >= 0.3 is 12.0 Å². The molecule has 1 atom stereocenters. The van der Waals surface area contributed by atoms with E-state index in [9.17, 15) is 14.4 Å². The number of amides is 3. The first-order valence-corrected chi connectivity index (χ1v) is 13.1. The Labute approximate surface area is 242 Å². The van der Waals surface area contributed by atoms with Crippen LogP contribution in [-0.4, -0.2) is 55.5 Å². The van der Waals surface area contributed by atoms with Crippen LogP contribution in [0.4, 0.5) is 16.3 Å². The number of anilines is 2. The van der Waals surface area contributed by atoms with Crippen molar-refractivity contribution in [1.82, 2.24) is 20.1 Å². The molecule has 4 aromatic rings. The first-order valence-electron chi connectivity index (χ1n) is 13.1. The van der Waals surface area contributed by atoms with Crippen LogP contribution in [-0.2, 0) is 21.4 Å². The van der Waals surface area contributed by atoms with Crippen molar-refractivity contribution in [3.63, 3.8) is 0 Å². The smallest absolute Gasteiger partial charge is 0.328 e. The second kappa shape index (κ2) is 13.0. The van der Waals surface area contributed by atoms with Crippen LogP contribution in [0.15, 0.2) is 79.1 Å². The molecule has 0 aliphatic rings. The number of carboxylic acids is 1. The number of benzene rings is 2. The molecular formula is C30H32N6O6. The van der Waals surface area contributed by atoms with Crippen molar-refractivity contribution in [2.75, 3.05) is 17.2 Å². The number of carbonyl (C=O) groups is 3. The molecule has 0 bridgehead atoms. The number of aliphatic carboxylic acids is 1. The Bertz CT molecular complexity index is 1530. The number of pyridine rings is 1. The van der Waals surface area contributed by atoms with Crippen LogP contribution in [0.25, 0.3) is 5.69 Å². The third-order valence-corrected chi connectivity index (χ3v) is 6.08. The van der Waals surface area contributed by atoms with Gasteiger partial charge in [-0.3, -0.25) is 15.1 Å². The maximum absolute atomic E-state index is 12.9. The van der Waals surface area contributed by atoms with Gasteiger partial charge in [0.25, 0.3) is 0 Å². The van der Waals surface area contributed by atoms with Gasteiger partial charge in [-0.1, -0.05) is 32.9 Å². The van der Waals surface area contributed by atoms with Crippen LogP contribution in [0, 0.1) is 0 Å². The highest BCUT2D eigenvalue weighted by atomic mass is 16.5. The van der Waals surface area contributed by atoms with E-state index < -0.39 is 30.6 Å². The predicted octanol–water partition coefficient (Wildman–Crippen LogP) is 4.11. The molecule has 0 spiro atoms. The lowest BCUT2D eigenvalue weighted by Gasteiger charge is -2.14. The Morgan fingerprint density at radius 3 is 2.17 bits per heavy atom. The van der Waals surface area contributed by atoms with E-state index in [-0.39, 0.29) is 11.8 Å². The van der Waals surface area contributed by atoms with Gasteiger partial charge in [0.1, 0.15) is 23.4 Å². The summed E-state index contributed by atoms with van der Waals surface area (Å²) in [6, 6.07) is 17.3. The van der Waals surface area contributed by atoms with Crippen molar-refractivity contribution >= 4 is 29.4 Å². The molecule has 0 saturated carbocycles. The minimum absolute atomic E-state index is 0.0731. The van der Waals surface area contributed by atoms with Crippen LogP contribution in [0.2, 0.25) is 0 Å². The molecule has 0 aliphatic heterocycles. The lowest BCUT2D eigenvalue weighted by molar-refractivity contribution is -0.142. The van der Waals surface area contributed by atoms with E-state index in [0.29, 0.717) is 34.3 Å². The average molecular weight is 573 g/mol. The Balaban J connectivity index is 1.45. The molecule has 12 heteroatoms. The van der Waals surface area contributed by atoms with E-state index in [1.807, 2.05) is 20.8 Å². The third kappa shape index (κ3) is 7.92. The molecule has 3 amide bonds. The largest absolute Gasteiger partial charge is 0.480 e. The van der Waals surface area contributed by atoms with Gasteiger partial charge in [-0.2, -0.15) is 5.10 Å². The number of aliphatic hydroxyl groups is 1. The summed E-state index contributed by atoms with van der Waals surface area (Å²) in [6.07, 6.45) is 3.20. The molecule has 2 aromatic heterocycles. The number of aromatic nitrogens is 3. The summed E-state index contributed by atoms with van der Waals surface area (Å²) in [5.41, 5.74) is 2.29. The van der Waals surface area contributed by atoms with Crippen LogP contribution < -0.4 is 20.7 Å². The van der Waals surface area contributed by atoms with E-state index in [0.717, 1.165) is 5.69 Å². The molecule has 0 aliphatic carbocycles. The molecule has 2 aromatic carbocycles. The zero-order valence-electron chi connectivity index (χ0n) is 23.4. The standard InChI is InChI=1S/C30H32N6O6/c1-30(2,3)25-17-26(34-29(41)32-20-6-10-22(11-7-20)42-23-12-14-31-15-13-23)36(35-25)21-8-4-19(5-9-21)16-27(38)33-24(18-37)28(39)40/h4-15,17,24,37H,16,18H2,1-3H3,(H,33,38)(H,39,40)(H2,32,34,41)/t24-/m0/s1. The Morgan fingerprint density at radius 2 is 1.57 bits per heavy atom. The number of hydrogen-bond acceptors (Lipinski definition) is 7. The number of rotatable bonds is 10. The summed E-state index contributed by atoms with van der Waals surface area (Å²) in [5, 5.41) is 30.8. The van der Waals surface area contributed by atoms with Crippen molar-refractivity contribution < 1.29 is 29.3 Å². The van der Waals surface area contributed by atoms with Gasteiger partial charge in [-0.15, -0.1) is 0 Å². The number of carbonyl (C=O) groups excluding carboxylic acids is 2. The molecule has 5 N–H and O–H groups in total. The van der Waals surface area contributed by atoms with Gasteiger partial charge < -0.3 is 25.6 Å². The monoisotopic (exact) mass is 572 g/mol. The number of nitrogens with one attached hydrogen (secondary N) is 3. The highest BCUT2D eigenvalue weighted by Crippen LogP contribution is 2.27. The second-order valence-corrected chi connectivity index (χ2v) is 10.4. The molecule has 12 nitrogen and oxygen atoms in total. The fourth-order valence-electron chi connectivity index (χ4n) is 3.83. The van der Waals surface area contributed by atoms with E-state index in [1.54, 1.807) is 83.8 Å². The summed E-state index contributed by atoms with van der Waals surface area (Å²) < 4.78 is 7.36. The number of carboxylic acid groups (broad SMARTS) is 1. The lowest BCUT2D eigenvalue weighted by Crippen LogP contribution is -2.43. The van der Waals surface area contributed by atoms with Crippen molar-refractivity contribution in [3.8, 4) is 17.2 Å². The maximum atomic E-state index is 12.9. The van der Waals surface area contributed by atoms with Crippen LogP contribution in [0.1, 0.15) is 32.0 Å². The predicted molar refractivity (Wildman–Crippen MR) is 156 cm³/mol. The molecule has 0 saturated heterocycles. The van der Waals surface area contributed by atoms with Gasteiger partial charge in [-0.05, 0) is 54.1 Å². The lowest BCUT2D eigenvalue weighted by atomic mass is 9.92. The number of urea groups is 1. The Morgan fingerprint density at radius 1 is 0.929 bits per heavy atom. The summed E-state index contributed by atoms with van der Waals surface area (Å²) >= 11 is 0. The normalized spacial score (nSPS) is 11.8. The molecule has 42 heavy (non-hydrogen) atoms.